The van der Waals surface area contributed by atoms with E-state index in [1.165, 1.54) is 22.0 Å². The Balaban J connectivity index is 1.52. The van der Waals surface area contributed by atoms with Crippen LogP contribution in [0.5, 0.6) is 11.5 Å². The van der Waals surface area contributed by atoms with E-state index in [-0.39, 0.29) is 5.56 Å². The molecule has 1 aliphatic carbocycles. The van der Waals surface area contributed by atoms with Crippen LogP contribution < -0.4 is 20.5 Å². The first kappa shape index (κ1) is 24.4. The van der Waals surface area contributed by atoms with Crippen molar-refractivity contribution in [1.82, 2.24) is 15.0 Å². The highest BCUT2D eigenvalue weighted by molar-refractivity contribution is 9.10. The van der Waals surface area contributed by atoms with E-state index in [9.17, 15) is 9.59 Å². The maximum absolute atomic E-state index is 13.3. The van der Waals surface area contributed by atoms with Gasteiger partial charge in [-0.3, -0.25) is 14.2 Å². The summed E-state index contributed by atoms with van der Waals surface area (Å²) >= 11 is 5.06. The lowest BCUT2D eigenvalue weighted by molar-refractivity contribution is -0.123. The molecule has 0 saturated heterocycles. The van der Waals surface area contributed by atoms with Crippen LogP contribution in [0.4, 0.5) is 0 Å². The molecule has 0 saturated carbocycles. The number of thiophene rings is 1. The van der Waals surface area contributed by atoms with Crippen molar-refractivity contribution in [2.24, 2.45) is 11.0 Å². The van der Waals surface area contributed by atoms with Crippen molar-refractivity contribution in [2.75, 3.05) is 13.7 Å². The Morgan fingerprint density at radius 1 is 1.47 bits per heavy atom. The summed E-state index contributed by atoms with van der Waals surface area (Å²) in [5.74, 6) is 1.36. The Kier molecular flexibility index (Phi) is 7.37. The fraction of sp³-hybridized carbons (Fsp3) is 0.417. The molecule has 2 aromatic heterocycles. The van der Waals surface area contributed by atoms with Crippen LogP contribution in [0.1, 0.15) is 49.2 Å². The fourth-order valence-corrected chi connectivity index (χ4v) is 6.02. The smallest absolute Gasteiger partial charge is 0.263 e. The third kappa shape index (κ3) is 4.74. The molecule has 0 spiro atoms. The lowest BCUT2D eigenvalue weighted by atomic mass is 9.89. The second-order valence-corrected chi connectivity index (χ2v) is 10.3. The number of carbonyl (C=O) groups is 1. The molecule has 3 aromatic rings. The monoisotopic (exact) mass is 546 g/mol. The molecule has 1 aliphatic rings. The standard InChI is InChI=1S/C24H27BrN4O4S/c1-5-33-21-17(25)9-15(10-18(21)32-4)11-27-28-22(30)14(3)29-12-26-23-20(24(29)31)16-7-6-13(2)8-19(16)34-23/h9-14H,5-8H2,1-4H3,(H,28,30)/b27-11-/t13-,14+/m1/s1. The maximum Gasteiger partial charge on any atom is 0.263 e. The summed E-state index contributed by atoms with van der Waals surface area (Å²) in [6.07, 6.45) is 5.88. The van der Waals surface area contributed by atoms with Crippen molar-refractivity contribution in [3.63, 3.8) is 0 Å². The molecule has 0 radical (unpaired) electrons. The fourth-order valence-electron chi connectivity index (χ4n) is 4.11. The Morgan fingerprint density at radius 2 is 2.26 bits per heavy atom. The lowest BCUT2D eigenvalue weighted by Crippen LogP contribution is -2.34. The number of nitrogens with zero attached hydrogens (tertiary/aromatic N) is 3. The quantitative estimate of drug-likeness (QED) is 0.348. The number of aryl methyl sites for hydroxylation is 1. The van der Waals surface area contributed by atoms with E-state index in [0.29, 0.717) is 39.4 Å². The number of hydrazone groups is 1. The number of aromatic nitrogens is 2. The Hall–Kier alpha value is -2.72. The summed E-state index contributed by atoms with van der Waals surface area (Å²) in [6, 6.07) is 2.81. The number of rotatable bonds is 7. The summed E-state index contributed by atoms with van der Waals surface area (Å²) in [6.45, 7) is 6.29. The summed E-state index contributed by atoms with van der Waals surface area (Å²) in [5.41, 5.74) is 4.15. The number of methoxy groups -OCH3 is 1. The molecule has 34 heavy (non-hydrogen) atoms. The lowest BCUT2D eigenvalue weighted by Gasteiger charge is -2.18. The summed E-state index contributed by atoms with van der Waals surface area (Å²) in [7, 11) is 1.56. The van der Waals surface area contributed by atoms with Gasteiger partial charge in [-0.1, -0.05) is 6.92 Å². The van der Waals surface area contributed by atoms with Gasteiger partial charge in [-0.05, 0) is 78.2 Å². The van der Waals surface area contributed by atoms with Gasteiger partial charge in [0.25, 0.3) is 11.5 Å². The Bertz CT molecular complexity index is 1320. The SMILES string of the molecule is CCOc1c(Br)cc(/C=N\NC(=O)[C@H](C)n2cnc3sc4c(c3c2=O)CC[C@@H](C)C4)cc1OC. The van der Waals surface area contributed by atoms with Gasteiger partial charge in [-0.25, -0.2) is 10.4 Å². The molecule has 180 valence electrons. The van der Waals surface area contributed by atoms with Crippen molar-refractivity contribution in [1.29, 1.82) is 0 Å². The van der Waals surface area contributed by atoms with E-state index in [0.717, 1.165) is 29.7 Å². The number of amides is 1. The Labute approximate surface area is 210 Å². The van der Waals surface area contributed by atoms with Gasteiger partial charge in [-0.2, -0.15) is 5.10 Å². The molecule has 2 heterocycles. The molecular formula is C24H27BrN4O4S. The van der Waals surface area contributed by atoms with Gasteiger partial charge >= 0.3 is 0 Å². The van der Waals surface area contributed by atoms with E-state index in [1.54, 1.807) is 31.4 Å². The Morgan fingerprint density at radius 3 is 3.00 bits per heavy atom. The number of ether oxygens (including phenoxy) is 2. The van der Waals surface area contributed by atoms with Crippen LogP contribution in [-0.4, -0.2) is 35.4 Å². The van der Waals surface area contributed by atoms with Gasteiger partial charge in [0, 0.05) is 4.88 Å². The summed E-state index contributed by atoms with van der Waals surface area (Å²) in [4.78, 5) is 32.5. The van der Waals surface area contributed by atoms with Crippen molar-refractivity contribution in [2.45, 2.75) is 46.1 Å². The second kappa shape index (κ2) is 10.3. The zero-order chi connectivity index (χ0) is 24.4. The minimum atomic E-state index is -0.763. The van der Waals surface area contributed by atoms with Crippen LogP contribution >= 0.6 is 27.3 Å². The van der Waals surface area contributed by atoms with Crippen molar-refractivity contribution >= 4 is 49.6 Å². The molecule has 1 aromatic carbocycles. The summed E-state index contributed by atoms with van der Waals surface area (Å²) in [5, 5.41) is 4.72. The first-order chi connectivity index (χ1) is 16.3. The van der Waals surface area contributed by atoms with E-state index in [4.69, 9.17) is 9.47 Å². The van der Waals surface area contributed by atoms with E-state index >= 15 is 0 Å². The van der Waals surface area contributed by atoms with Crippen LogP contribution in [0.15, 0.2) is 32.8 Å². The molecular weight excluding hydrogens is 520 g/mol. The normalized spacial score (nSPS) is 16.4. The molecule has 1 amide bonds. The average molecular weight is 547 g/mol. The topological polar surface area (TPSA) is 94.8 Å². The van der Waals surface area contributed by atoms with Gasteiger partial charge in [-0.15, -0.1) is 11.3 Å². The molecule has 0 bridgehead atoms. The van der Waals surface area contributed by atoms with Crippen LogP contribution in [0, 0.1) is 5.92 Å². The van der Waals surface area contributed by atoms with Gasteiger partial charge in [0.15, 0.2) is 11.5 Å². The number of fused-ring (bicyclic) bond motifs is 3. The van der Waals surface area contributed by atoms with E-state index < -0.39 is 11.9 Å². The maximum atomic E-state index is 13.3. The first-order valence-electron chi connectivity index (χ1n) is 11.2. The zero-order valence-electron chi connectivity index (χ0n) is 19.6. The molecule has 1 N–H and O–H groups in total. The number of benzene rings is 1. The van der Waals surface area contributed by atoms with Crippen LogP contribution in [0.3, 0.4) is 0 Å². The number of hydrogen-bond donors (Lipinski definition) is 1. The highest BCUT2D eigenvalue weighted by Gasteiger charge is 2.25. The molecule has 4 rings (SSSR count). The first-order valence-corrected chi connectivity index (χ1v) is 12.8. The third-order valence-corrected chi connectivity index (χ3v) is 7.72. The van der Waals surface area contributed by atoms with Crippen LogP contribution in [0.2, 0.25) is 0 Å². The number of nitrogens with one attached hydrogen (secondary N) is 1. The second-order valence-electron chi connectivity index (χ2n) is 8.37. The zero-order valence-corrected chi connectivity index (χ0v) is 22.0. The minimum Gasteiger partial charge on any atom is -0.493 e. The van der Waals surface area contributed by atoms with Gasteiger partial charge in [0.2, 0.25) is 0 Å². The summed E-state index contributed by atoms with van der Waals surface area (Å²) < 4.78 is 13.1. The van der Waals surface area contributed by atoms with Crippen molar-refractivity contribution in [3.05, 3.63) is 49.3 Å². The van der Waals surface area contributed by atoms with Gasteiger partial charge < -0.3 is 9.47 Å². The molecule has 2 atom stereocenters. The van der Waals surface area contributed by atoms with Gasteiger partial charge in [0.1, 0.15) is 10.9 Å². The highest BCUT2D eigenvalue weighted by Crippen LogP contribution is 2.37. The molecule has 0 aliphatic heterocycles. The van der Waals surface area contributed by atoms with Crippen molar-refractivity contribution in [3.8, 4) is 11.5 Å². The number of hydrogen-bond acceptors (Lipinski definition) is 7. The van der Waals surface area contributed by atoms with E-state index in [1.807, 2.05) is 13.0 Å². The number of halogens is 1. The largest absolute Gasteiger partial charge is 0.493 e. The molecule has 0 unspecified atom stereocenters. The number of carbonyl (C=O) groups excluding carboxylic acids is 1. The molecule has 10 heteroatoms. The van der Waals surface area contributed by atoms with Crippen LogP contribution in [0.25, 0.3) is 10.2 Å². The molecule has 8 nitrogen and oxygen atoms in total. The minimum absolute atomic E-state index is 0.177. The highest BCUT2D eigenvalue weighted by atomic mass is 79.9. The van der Waals surface area contributed by atoms with Crippen LogP contribution in [-0.2, 0) is 17.6 Å². The molecule has 0 fully saturated rings. The average Bonchev–Trinajstić information content (AvgIpc) is 3.18. The predicted octanol–water partition coefficient (Wildman–Crippen LogP) is 4.46. The van der Waals surface area contributed by atoms with Gasteiger partial charge in [0.05, 0.1) is 36.1 Å². The van der Waals surface area contributed by atoms with E-state index in [2.05, 4.69) is 38.4 Å². The van der Waals surface area contributed by atoms with Crippen molar-refractivity contribution < 1.29 is 14.3 Å². The predicted molar refractivity (Wildman–Crippen MR) is 137 cm³/mol. The third-order valence-electron chi connectivity index (χ3n) is 5.97.